The standard InChI is InChI=1S/C19H22BrNO3S/c1-15(17-10-5-11-18(20)13-17)21-19(22)14-25(23,24)12-6-9-16-7-3-2-4-8-16/h2-5,7-8,10-11,13,15H,6,9,12,14H2,1H3,(H,21,22)/t15-/m0/s1. The van der Waals surface area contributed by atoms with E-state index >= 15 is 0 Å². The third kappa shape index (κ3) is 7.00. The molecule has 134 valence electrons. The number of carbonyl (C=O) groups excluding carboxylic acids is 1. The molecule has 1 amide bonds. The smallest absolute Gasteiger partial charge is 0.235 e. The normalized spacial score (nSPS) is 12.6. The van der Waals surface area contributed by atoms with Crippen LogP contribution in [0.25, 0.3) is 0 Å². The molecule has 0 aliphatic heterocycles. The first kappa shape index (κ1) is 19.7. The summed E-state index contributed by atoms with van der Waals surface area (Å²) >= 11 is 3.38. The van der Waals surface area contributed by atoms with Crippen LogP contribution in [-0.4, -0.2) is 25.8 Å². The molecule has 0 saturated carbocycles. The predicted octanol–water partition coefficient (Wildman–Crippen LogP) is 3.67. The van der Waals surface area contributed by atoms with E-state index in [1.165, 1.54) is 0 Å². The van der Waals surface area contributed by atoms with Crippen molar-refractivity contribution >= 4 is 31.7 Å². The highest BCUT2D eigenvalue weighted by atomic mass is 79.9. The Bertz CT molecular complexity index is 806. The average molecular weight is 424 g/mol. The van der Waals surface area contributed by atoms with Gasteiger partial charge in [0.2, 0.25) is 5.91 Å². The molecule has 0 spiro atoms. The molecule has 0 aromatic heterocycles. The topological polar surface area (TPSA) is 63.2 Å². The van der Waals surface area contributed by atoms with Gasteiger partial charge in [-0.05, 0) is 43.0 Å². The van der Waals surface area contributed by atoms with Crippen LogP contribution >= 0.6 is 15.9 Å². The van der Waals surface area contributed by atoms with Crippen LogP contribution in [0.4, 0.5) is 0 Å². The van der Waals surface area contributed by atoms with E-state index in [1.54, 1.807) is 0 Å². The fourth-order valence-electron chi connectivity index (χ4n) is 2.56. The maximum absolute atomic E-state index is 12.1. The van der Waals surface area contributed by atoms with Crippen molar-refractivity contribution in [1.29, 1.82) is 0 Å². The lowest BCUT2D eigenvalue weighted by Crippen LogP contribution is -2.33. The second-order valence-electron chi connectivity index (χ2n) is 6.03. The third-order valence-electron chi connectivity index (χ3n) is 3.84. The number of amides is 1. The number of hydrogen-bond donors (Lipinski definition) is 1. The number of halogens is 1. The molecule has 25 heavy (non-hydrogen) atoms. The van der Waals surface area contributed by atoms with Crippen LogP contribution in [0.5, 0.6) is 0 Å². The van der Waals surface area contributed by atoms with Gasteiger partial charge in [-0.15, -0.1) is 0 Å². The van der Waals surface area contributed by atoms with Crippen LogP contribution in [0.15, 0.2) is 59.1 Å². The van der Waals surface area contributed by atoms with Crippen molar-refractivity contribution in [2.75, 3.05) is 11.5 Å². The average Bonchev–Trinajstić information content (AvgIpc) is 2.55. The predicted molar refractivity (Wildman–Crippen MR) is 104 cm³/mol. The fourth-order valence-corrected chi connectivity index (χ4v) is 4.18. The number of nitrogens with one attached hydrogen (secondary N) is 1. The van der Waals surface area contributed by atoms with Crippen molar-refractivity contribution in [2.45, 2.75) is 25.8 Å². The number of hydrogen-bond acceptors (Lipinski definition) is 3. The summed E-state index contributed by atoms with van der Waals surface area (Å²) in [5, 5.41) is 2.75. The Morgan fingerprint density at radius 3 is 2.52 bits per heavy atom. The van der Waals surface area contributed by atoms with Crippen molar-refractivity contribution in [2.24, 2.45) is 0 Å². The highest BCUT2D eigenvalue weighted by Gasteiger charge is 2.18. The summed E-state index contributed by atoms with van der Waals surface area (Å²) < 4.78 is 25.2. The Balaban J connectivity index is 1.82. The van der Waals surface area contributed by atoms with Gasteiger partial charge in [-0.1, -0.05) is 58.4 Å². The second-order valence-corrected chi connectivity index (χ2v) is 9.13. The van der Waals surface area contributed by atoms with Crippen molar-refractivity contribution in [3.05, 3.63) is 70.2 Å². The molecule has 0 radical (unpaired) electrons. The molecule has 0 aliphatic carbocycles. The van der Waals surface area contributed by atoms with Gasteiger partial charge in [-0.3, -0.25) is 4.79 Å². The Morgan fingerprint density at radius 1 is 1.12 bits per heavy atom. The van der Waals surface area contributed by atoms with Crippen molar-refractivity contribution < 1.29 is 13.2 Å². The van der Waals surface area contributed by atoms with Crippen LogP contribution in [0.2, 0.25) is 0 Å². The zero-order valence-corrected chi connectivity index (χ0v) is 16.5. The largest absolute Gasteiger partial charge is 0.349 e. The van der Waals surface area contributed by atoms with E-state index in [0.717, 1.165) is 15.6 Å². The Morgan fingerprint density at radius 2 is 1.84 bits per heavy atom. The lowest BCUT2D eigenvalue weighted by Gasteiger charge is -2.14. The summed E-state index contributed by atoms with van der Waals surface area (Å²) in [6.45, 7) is 1.84. The van der Waals surface area contributed by atoms with E-state index in [9.17, 15) is 13.2 Å². The van der Waals surface area contributed by atoms with Gasteiger partial charge in [0.05, 0.1) is 11.8 Å². The first-order valence-corrected chi connectivity index (χ1v) is 10.8. The van der Waals surface area contributed by atoms with Gasteiger partial charge < -0.3 is 5.32 Å². The highest BCUT2D eigenvalue weighted by molar-refractivity contribution is 9.10. The lowest BCUT2D eigenvalue weighted by atomic mass is 10.1. The minimum absolute atomic E-state index is 0.0145. The third-order valence-corrected chi connectivity index (χ3v) is 5.95. The number of rotatable bonds is 8. The Labute approximate surface area is 157 Å². The molecule has 0 unspecified atom stereocenters. The maximum Gasteiger partial charge on any atom is 0.235 e. The van der Waals surface area contributed by atoms with Crippen LogP contribution < -0.4 is 5.32 Å². The molecule has 0 saturated heterocycles. The number of aryl methyl sites for hydroxylation is 1. The number of benzene rings is 2. The van der Waals surface area contributed by atoms with Crippen molar-refractivity contribution in [3.63, 3.8) is 0 Å². The Hall–Kier alpha value is -1.66. The first-order chi connectivity index (χ1) is 11.9. The molecule has 0 heterocycles. The number of sulfone groups is 1. The zero-order chi connectivity index (χ0) is 18.3. The van der Waals surface area contributed by atoms with Gasteiger partial charge >= 0.3 is 0 Å². The second kappa shape index (κ2) is 9.15. The van der Waals surface area contributed by atoms with Crippen LogP contribution in [0, 0.1) is 0 Å². The van der Waals surface area contributed by atoms with Crippen LogP contribution in [-0.2, 0) is 21.1 Å². The van der Waals surface area contributed by atoms with Gasteiger partial charge in [0.1, 0.15) is 5.75 Å². The summed E-state index contributed by atoms with van der Waals surface area (Å²) in [7, 11) is -3.41. The molecule has 0 aliphatic rings. The molecule has 1 atom stereocenters. The molecular weight excluding hydrogens is 402 g/mol. The lowest BCUT2D eigenvalue weighted by molar-refractivity contribution is -0.119. The van der Waals surface area contributed by atoms with Crippen molar-refractivity contribution in [1.82, 2.24) is 5.32 Å². The molecule has 0 bridgehead atoms. The van der Waals surface area contributed by atoms with E-state index in [2.05, 4.69) is 21.2 Å². The molecule has 1 N–H and O–H groups in total. The minimum atomic E-state index is -3.41. The molecule has 0 fully saturated rings. The highest BCUT2D eigenvalue weighted by Crippen LogP contribution is 2.17. The summed E-state index contributed by atoms with van der Waals surface area (Å²) in [5.41, 5.74) is 2.02. The van der Waals surface area contributed by atoms with Crippen LogP contribution in [0.3, 0.4) is 0 Å². The summed E-state index contributed by atoms with van der Waals surface area (Å²) in [5.74, 6) is -0.923. The first-order valence-electron chi connectivity index (χ1n) is 8.15. The van der Waals surface area contributed by atoms with Gasteiger partial charge in [-0.2, -0.15) is 0 Å². The van der Waals surface area contributed by atoms with Crippen LogP contribution in [0.1, 0.15) is 30.5 Å². The molecule has 2 aromatic carbocycles. The minimum Gasteiger partial charge on any atom is -0.349 e. The quantitative estimate of drug-likeness (QED) is 0.704. The molecular formula is C19H22BrNO3S. The van der Waals surface area contributed by atoms with Gasteiger partial charge in [-0.25, -0.2) is 8.42 Å². The van der Waals surface area contributed by atoms with E-state index < -0.39 is 21.5 Å². The molecule has 4 nitrogen and oxygen atoms in total. The Kier molecular flexibility index (Phi) is 7.20. The zero-order valence-electron chi connectivity index (χ0n) is 14.1. The van der Waals surface area contributed by atoms with Gasteiger partial charge in [0.25, 0.3) is 0 Å². The summed E-state index contributed by atoms with van der Waals surface area (Å²) in [6, 6.07) is 17.1. The molecule has 2 rings (SSSR count). The van der Waals surface area contributed by atoms with E-state index in [4.69, 9.17) is 0 Å². The maximum atomic E-state index is 12.1. The summed E-state index contributed by atoms with van der Waals surface area (Å²) in [6.07, 6.45) is 1.21. The van der Waals surface area contributed by atoms with E-state index in [-0.39, 0.29) is 11.8 Å². The molecule has 2 aromatic rings. The SMILES string of the molecule is C[C@H](NC(=O)CS(=O)(=O)CCCc1ccccc1)c1cccc(Br)c1. The van der Waals surface area contributed by atoms with E-state index in [1.807, 2.05) is 61.5 Å². The van der Waals surface area contributed by atoms with Gasteiger partial charge in [0, 0.05) is 4.47 Å². The number of carbonyl (C=O) groups is 1. The van der Waals surface area contributed by atoms with E-state index in [0.29, 0.717) is 12.8 Å². The summed E-state index contributed by atoms with van der Waals surface area (Å²) in [4.78, 5) is 12.1. The van der Waals surface area contributed by atoms with Crippen molar-refractivity contribution in [3.8, 4) is 0 Å². The molecule has 6 heteroatoms. The fraction of sp³-hybridized carbons (Fsp3) is 0.316. The monoisotopic (exact) mass is 423 g/mol. The van der Waals surface area contributed by atoms with Gasteiger partial charge in [0.15, 0.2) is 9.84 Å².